The Morgan fingerprint density at radius 1 is 1.21 bits per heavy atom. The van der Waals surface area contributed by atoms with Crippen LogP contribution in [0, 0.1) is 6.92 Å². The number of rotatable bonds is 4. The van der Waals surface area contributed by atoms with Crippen molar-refractivity contribution in [2.45, 2.75) is 45.2 Å². The van der Waals surface area contributed by atoms with Gasteiger partial charge in [0.1, 0.15) is 6.33 Å². The number of benzene rings is 1. The summed E-state index contributed by atoms with van der Waals surface area (Å²) in [4.78, 5) is 26.0. The number of methoxy groups -OCH3 is 1. The summed E-state index contributed by atoms with van der Waals surface area (Å²) in [5.41, 5.74) is 3.28. The van der Waals surface area contributed by atoms with Crippen molar-refractivity contribution in [1.82, 2.24) is 19.8 Å². The minimum absolute atomic E-state index is 0.0937. The molecule has 0 N–H and O–H groups in total. The van der Waals surface area contributed by atoms with E-state index in [1.807, 2.05) is 36.1 Å². The van der Waals surface area contributed by atoms with Crippen LogP contribution in [0.4, 0.5) is 0 Å². The van der Waals surface area contributed by atoms with E-state index in [1.165, 1.54) is 25.6 Å². The number of hydrogen-bond donors (Lipinski definition) is 0. The number of hydrogen-bond acceptors (Lipinski definition) is 5. The highest BCUT2D eigenvalue weighted by atomic mass is 16.5. The predicted molar refractivity (Wildman–Crippen MR) is 108 cm³/mol. The van der Waals surface area contributed by atoms with E-state index in [0.29, 0.717) is 23.5 Å². The number of aromatic nitrogens is 2. The SMILES string of the molecule is COc1ncnc(C)c1-c1cccc(C(=O)N2CC(N3CCCCC3C)C2)c1. The zero-order valence-corrected chi connectivity index (χ0v) is 16.9. The van der Waals surface area contributed by atoms with Crippen LogP contribution < -0.4 is 4.74 Å². The summed E-state index contributed by atoms with van der Waals surface area (Å²) in [7, 11) is 1.60. The Hall–Kier alpha value is -2.47. The van der Waals surface area contributed by atoms with E-state index in [0.717, 1.165) is 36.5 Å². The van der Waals surface area contributed by atoms with Crippen molar-refractivity contribution >= 4 is 5.91 Å². The number of piperidine rings is 1. The van der Waals surface area contributed by atoms with E-state index in [1.54, 1.807) is 7.11 Å². The van der Waals surface area contributed by atoms with Crippen molar-refractivity contribution in [3.8, 4) is 17.0 Å². The first-order valence-electron chi connectivity index (χ1n) is 10.1. The molecule has 6 nitrogen and oxygen atoms in total. The summed E-state index contributed by atoms with van der Waals surface area (Å²) in [5.74, 6) is 0.622. The van der Waals surface area contributed by atoms with Gasteiger partial charge in [0.15, 0.2) is 0 Å². The lowest BCUT2D eigenvalue weighted by Crippen LogP contribution is -2.63. The first kappa shape index (κ1) is 18.9. The number of likely N-dealkylation sites (tertiary alicyclic amines) is 2. The molecule has 2 aliphatic rings. The number of ether oxygens (including phenoxy) is 1. The molecule has 2 aliphatic heterocycles. The first-order valence-corrected chi connectivity index (χ1v) is 10.1. The summed E-state index contributed by atoms with van der Waals surface area (Å²) in [6.45, 7) is 7.05. The first-order chi connectivity index (χ1) is 13.6. The zero-order chi connectivity index (χ0) is 19.7. The number of nitrogens with zero attached hydrogens (tertiary/aromatic N) is 4. The molecule has 148 valence electrons. The maximum Gasteiger partial charge on any atom is 0.253 e. The maximum atomic E-state index is 13.0. The second-order valence-electron chi connectivity index (χ2n) is 7.87. The highest BCUT2D eigenvalue weighted by molar-refractivity contribution is 5.96. The standard InChI is InChI=1S/C22H28N4O2/c1-15-7-4-5-10-26(15)19-12-25(13-19)22(27)18-9-6-8-17(11-18)20-16(2)23-14-24-21(20)28-3/h6,8-9,11,14-15,19H,4-5,7,10,12-13H2,1-3H3. The van der Waals surface area contributed by atoms with E-state index in [2.05, 4.69) is 21.8 Å². The fraction of sp³-hybridized carbons (Fsp3) is 0.500. The maximum absolute atomic E-state index is 13.0. The number of carbonyl (C=O) groups excluding carboxylic acids is 1. The summed E-state index contributed by atoms with van der Waals surface area (Å²) < 4.78 is 5.40. The molecule has 2 fully saturated rings. The van der Waals surface area contributed by atoms with Crippen LogP contribution >= 0.6 is 0 Å². The highest BCUT2D eigenvalue weighted by Crippen LogP contribution is 2.31. The largest absolute Gasteiger partial charge is 0.480 e. The molecule has 0 bridgehead atoms. The Balaban J connectivity index is 1.49. The predicted octanol–water partition coefficient (Wildman–Crippen LogP) is 3.16. The molecule has 0 aliphatic carbocycles. The van der Waals surface area contributed by atoms with E-state index in [4.69, 9.17) is 4.74 Å². The van der Waals surface area contributed by atoms with Gasteiger partial charge in [-0.25, -0.2) is 9.97 Å². The van der Waals surface area contributed by atoms with Crippen molar-refractivity contribution in [3.05, 3.63) is 41.9 Å². The molecule has 2 aromatic rings. The van der Waals surface area contributed by atoms with Crippen LogP contribution in [0.3, 0.4) is 0 Å². The third-order valence-electron chi connectivity index (χ3n) is 6.07. The zero-order valence-electron chi connectivity index (χ0n) is 16.9. The van der Waals surface area contributed by atoms with Gasteiger partial charge >= 0.3 is 0 Å². The Morgan fingerprint density at radius 2 is 2.04 bits per heavy atom. The molecule has 1 unspecified atom stereocenters. The molecular formula is C22H28N4O2. The van der Waals surface area contributed by atoms with Gasteiger partial charge in [-0.15, -0.1) is 0 Å². The van der Waals surface area contributed by atoms with Gasteiger partial charge in [-0.3, -0.25) is 9.69 Å². The van der Waals surface area contributed by atoms with Crippen LogP contribution in [0.5, 0.6) is 5.88 Å². The second-order valence-corrected chi connectivity index (χ2v) is 7.87. The van der Waals surface area contributed by atoms with Gasteiger partial charge in [0.2, 0.25) is 5.88 Å². The minimum Gasteiger partial charge on any atom is -0.480 e. The number of carbonyl (C=O) groups is 1. The molecule has 1 aromatic heterocycles. The molecule has 1 amide bonds. The van der Waals surface area contributed by atoms with Crippen LogP contribution in [0.15, 0.2) is 30.6 Å². The van der Waals surface area contributed by atoms with E-state index in [-0.39, 0.29) is 5.91 Å². The lowest BCUT2D eigenvalue weighted by Gasteiger charge is -2.49. The number of aryl methyl sites for hydroxylation is 1. The molecule has 1 atom stereocenters. The Kier molecular flexibility index (Phi) is 5.31. The topological polar surface area (TPSA) is 58.6 Å². The highest BCUT2D eigenvalue weighted by Gasteiger charge is 2.37. The van der Waals surface area contributed by atoms with E-state index in [9.17, 15) is 4.79 Å². The third kappa shape index (κ3) is 3.49. The van der Waals surface area contributed by atoms with Crippen LogP contribution in [-0.2, 0) is 0 Å². The van der Waals surface area contributed by atoms with Crippen molar-refractivity contribution < 1.29 is 9.53 Å². The lowest BCUT2D eigenvalue weighted by molar-refractivity contribution is 0.00213. The van der Waals surface area contributed by atoms with Gasteiger partial charge < -0.3 is 9.64 Å². The van der Waals surface area contributed by atoms with E-state index < -0.39 is 0 Å². The summed E-state index contributed by atoms with van der Waals surface area (Å²) in [6, 6.07) is 8.83. The molecule has 6 heteroatoms. The molecular weight excluding hydrogens is 352 g/mol. The molecule has 0 radical (unpaired) electrons. The fourth-order valence-corrected chi connectivity index (χ4v) is 4.42. The molecule has 0 saturated carbocycles. The van der Waals surface area contributed by atoms with E-state index >= 15 is 0 Å². The second kappa shape index (κ2) is 7.87. The van der Waals surface area contributed by atoms with Gasteiger partial charge in [0, 0.05) is 30.7 Å². The van der Waals surface area contributed by atoms with Gasteiger partial charge in [0.05, 0.1) is 18.4 Å². The van der Waals surface area contributed by atoms with Crippen molar-refractivity contribution in [3.63, 3.8) is 0 Å². The number of amides is 1. The smallest absolute Gasteiger partial charge is 0.253 e. The summed E-state index contributed by atoms with van der Waals surface area (Å²) in [5, 5.41) is 0. The quantitative estimate of drug-likeness (QED) is 0.815. The summed E-state index contributed by atoms with van der Waals surface area (Å²) >= 11 is 0. The average molecular weight is 380 g/mol. The average Bonchev–Trinajstić information content (AvgIpc) is 2.68. The Morgan fingerprint density at radius 3 is 2.79 bits per heavy atom. The van der Waals surface area contributed by atoms with Crippen LogP contribution in [0.1, 0.15) is 42.2 Å². The van der Waals surface area contributed by atoms with Crippen LogP contribution in [0.25, 0.3) is 11.1 Å². The van der Waals surface area contributed by atoms with Gasteiger partial charge in [-0.2, -0.15) is 0 Å². The summed E-state index contributed by atoms with van der Waals surface area (Å²) in [6.07, 6.45) is 5.37. The Bertz CT molecular complexity index is 863. The van der Waals surface area contributed by atoms with Crippen LogP contribution in [-0.4, -0.2) is 64.5 Å². The van der Waals surface area contributed by atoms with Crippen molar-refractivity contribution in [2.75, 3.05) is 26.7 Å². The molecule has 3 heterocycles. The molecule has 0 spiro atoms. The van der Waals surface area contributed by atoms with Gasteiger partial charge in [-0.05, 0) is 50.9 Å². The van der Waals surface area contributed by atoms with Crippen LogP contribution in [0.2, 0.25) is 0 Å². The van der Waals surface area contributed by atoms with Gasteiger partial charge in [-0.1, -0.05) is 18.6 Å². The lowest BCUT2D eigenvalue weighted by atomic mass is 9.96. The normalized spacial score (nSPS) is 20.7. The molecule has 1 aromatic carbocycles. The van der Waals surface area contributed by atoms with Crippen molar-refractivity contribution in [1.29, 1.82) is 0 Å². The monoisotopic (exact) mass is 380 g/mol. The molecule has 2 saturated heterocycles. The van der Waals surface area contributed by atoms with Gasteiger partial charge in [0.25, 0.3) is 5.91 Å². The minimum atomic E-state index is 0.0937. The fourth-order valence-electron chi connectivity index (χ4n) is 4.42. The molecule has 4 rings (SSSR count). The molecule has 28 heavy (non-hydrogen) atoms. The third-order valence-corrected chi connectivity index (χ3v) is 6.07. The Labute approximate surface area is 166 Å². The van der Waals surface area contributed by atoms with Crippen molar-refractivity contribution in [2.24, 2.45) is 0 Å².